The summed E-state index contributed by atoms with van der Waals surface area (Å²) in [5.41, 5.74) is 6.80. The topological polar surface area (TPSA) is 21.4 Å². The minimum atomic E-state index is 0.676. The van der Waals surface area contributed by atoms with Crippen molar-refractivity contribution >= 4 is 27.6 Å². The van der Waals surface area contributed by atoms with Gasteiger partial charge in [-0.25, -0.2) is 9.41 Å². The molecule has 0 radical (unpaired) electrons. The molecule has 2 aromatic heterocycles. The van der Waals surface area contributed by atoms with E-state index in [0.717, 1.165) is 38.8 Å². The molecular weight excluding hydrogens is 296 g/mol. The van der Waals surface area contributed by atoms with Crippen molar-refractivity contribution in [3.63, 3.8) is 0 Å². The van der Waals surface area contributed by atoms with Gasteiger partial charge in [-0.2, -0.15) is 0 Å². The highest BCUT2D eigenvalue weighted by molar-refractivity contribution is 6.13. The Bertz CT molecular complexity index is 1150. The minimum absolute atomic E-state index is 0.676. The van der Waals surface area contributed by atoms with Crippen molar-refractivity contribution in [1.82, 2.24) is 0 Å². The fourth-order valence-electron chi connectivity index (χ4n) is 3.34. The largest absolute Gasteiger partial charge is 0.456 e. The number of aromatic nitrogens is 1. The molecule has 4 aromatic rings. The molecule has 0 N–H and O–H groups in total. The van der Waals surface area contributed by atoms with Crippen molar-refractivity contribution < 1.29 is 8.98 Å². The summed E-state index contributed by atoms with van der Waals surface area (Å²) in [6, 6.07) is 14.2. The van der Waals surface area contributed by atoms with Crippen LogP contribution in [0.15, 0.2) is 53.1 Å². The van der Waals surface area contributed by atoms with Crippen LogP contribution in [0, 0.1) is 20.4 Å². The molecular formula is C21H17N2O+. The highest BCUT2D eigenvalue weighted by Gasteiger charge is 2.20. The minimum Gasteiger partial charge on any atom is -0.456 e. The van der Waals surface area contributed by atoms with Gasteiger partial charge >= 0.3 is 0 Å². The summed E-state index contributed by atoms with van der Waals surface area (Å²) in [6.07, 6.45) is 2.05. The molecule has 116 valence electrons. The maximum Gasteiger partial charge on any atom is 0.213 e. The number of hydrogen-bond acceptors (Lipinski definition) is 1. The summed E-state index contributed by atoms with van der Waals surface area (Å²) >= 11 is 0. The SMILES string of the molecule is [C-]#[N+]c1cc2c(cc1C)oc1ccc(C)c(-c3cccc[n+]3C)c12. The van der Waals surface area contributed by atoms with Crippen LogP contribution in [0.25, 0.3) is 38.0 Å². The van der Waals surface area contributed by atoms with Crippen LogP contribution in [-0.4, -0.2) is 0 Å². The summed E-state index contributed by atoms with van der Waals surface area (Å²) in [5.74, 6) is 0. The van der Waals surface area contributed by atoms with E-state index in [1.165, 1.54) is 5.56 Å². The van der Waals surface area contributed by atoms with E-state index in [4.69, 9.17) is 11.0 Å². The van der Waals surface area contributed by atoms with Crippen LogP contribution < -0.4 is 4.57 Å². The summed E-state index contributed by atoms with van der Waals surface area (Å²) in [6.45, 7) is 11.5. The highest BCUT2D eigenvalue weighted by Crippen LogP contribution is 2.39. The van der Waals surface area contributed by atoms with Crippen molar-refractivity contribution in [3.8, 4) is 11.3 Å². The molecule has 0 saturated carbocycles. The number of nitrogens with zero attached hydrogens (tertiary/aromatic N) is 2. The number of fused-ring (bicyclic) bond motifs is 3. The van der Waals surface area contributed by atoms with Crippen LogP contribution in [0.3, 0.4) is 0 Å². The quantitative estimate of drug-likeness (QED) is 0.347. The van der Waals surface area contributed by atoms with Gasteiger partial charge in [-0.1, -0.05) is 6.07 Å². The van der Waals surface area contributed by atoms with Crippen molar-refractivity contribution in [3.05, 3.63) is 71.2 Å². The van der Waals surface area contributed by atoms with Gasteiger partial charge in [-0.15, -0.1) is 0 Å². The average Bonchev–Trinajstić information content (AvgIpc) is 2.92. The van der Waals surface area contributed by atoms with Crippen LogP contribution in [0.1, 0.15) is 11.1 Å². The van der Waals surface area contributed by atoms with Crippen molar-refractivity contribution in [2.24, 2.45) is 7.05 Å². The van der Waals surface area contributed by atoms with Crippen molar-refractivity contribution in [2.75, 3.05) is 0 Å². The van der Waals surface area contributed by atoms with Gasteiger partial charge in [0.1, 0.15) is 18.2 Å². The first-order chi connectivity index (χ1) is 11.6. The number of benzene rings is 2. The molecule has 3 nitrogen and oxygen atoms in total. The molecule has 0 aliphatic rings. The van der Waals surface area contributed by atoms with Crippen LogP contribution >= 0.6 is 0 Å². The third-order valence-corrected chi connectivity index (χ3v) is 4.59. The Morgan fingerprint density at radius 2 is 1.83 bits per heavy atom. The fraction of sp³-hybridized carbons (Fsp3) is 0.143. The van der Waals surface area contributed by atoms with Gasteiger partial charge in [-0.3, -0.25) is 0 Å². The molecule has 0 aliphatic carbocycles. The third kappa shape index (κ3) is 2.00. The lowest BCUT2D eigenvalue weighted by atomic mass is 9.97. The second-order valence-electron chi connectivity index (χ2n) is 6.18. The second-order valence-corrected chi connectivity index (χ2v) is 6.18. The summed E-state index contributed by atoms with van der Waals surface area (Å²) in [4.78, 5) is 3.65. The van der Waals surface area contributed by atoms with E-state index in [-0.39, 0.29) is 0 Å². The van der Waals surface area contributed by atoms with Gasteiger partial charge in [0, 0.05) is 22.9 Å². The van der Waals surface area contributed by atoms with Gasteiger partial charge in [0.05, 0.1) is 12.1 Å². The monoisotopic (exact) mass is 313 g/mol. The van der Waals surface area contributed by atoms with Gasteiger partial charge in [0.25, 0.3) is 0 Å². The maximum absolute atomic E-state index is 7.41. The lowest BCUT2D eigenvalue weighted by Crippen LogP contribution is -2.30. The number of hydrogen-bond donors (Lipinski definition) is 0. The summed E-state index contributed by atoms with van der Waals surface area (Å²) < 4.78 is 8.19. The molecule has 2 aromatic carbocycles. The Morgan fingerprint density at radius 1 is 1.00 bits per heavy atom. The van der Waals surface area contributed by atoms with Crippen molar-refractivity contribution in [2.45, 2.75) is 13.8 Å². The first kappa shape index (κ1) is 14.5. The van der Waals surface area contributed by atoms with Gasteiger partial charge in [-0.05, 0) is 49.2 Å². The maximum atomic E-state index is 7.41. The van der Waals surface area contributed by atoms with E-state index in [1.54, 1.807) is 0 Å². The first-order valence-electron chi connectivity index (χ1n) is 7.89. The number of rotatable bonds is 1. The number of furan rings is 1. The number of pyridine rings is 1. The molecule has 0 bridgehead atoms. The van der Waals surface area contributed by atoms with Gasteiger partial charge < -0.3 is 4.42 Å². The Labute approximate surface area is 140 Å². The number of aryl methyl sites for hydroxylation is 3. The van der Waals surface area contributed by atoms with Gasteiger partial charge in [0.2, 0.25) is 5.69 Å². The van der Waals surface area contributed by atoms with E-state index < -0.39 is 0 Å². The van der Waals surface area contributed by atoms with Crippen LogP contribution in [0.4, 0.5) is 5.69 Å². The van der Waals surface area contributed by atoms with E-state index in [2.05, 4.69) is 28.5 Å². The summed E-state index contributed by atoms with van der Waals surface area (Å²) in [5, 5.41) is 2.08. The molecule has 4 rings (SSSR count). The van der Waals surface area contributed by atoms with Crippen LogP contribution in [0.5, 0.6) is 0 Å². The molecule has 24 heavy (non-hydrogen) atoms. The predicted molar refractivity (Wildman–Crippen MR) is 96.1 cm³/mol. The van der Waals surface area contributed by atoms with E-state index in [1.807, 2.05) is 50.5 Å². The smallest absolute Gasteiger partial charge is 0.213 e. The molecule has 0 atom stereocenters. The molecule has 0 amide bonds. The third-order valence-electron chi connectivity index (χ3n) is 4.59. The Kier molecular flexibility index (Phi) is 3.14. The molecule has 0 spiro atoms. The second kappa shape index (κ2) is 5.21. The molecule has 0 unspecified atom stereocenters. The molecule has 2 heterocycles. The average molecular weight is 313 g/mol. The first-order valence-corrected chi connectivity index (χ1v) is 7.89. The molecule has 0 aliphatic heterocycles. The van der Waals surface area contributed by atoms with E-state index >= 15 is 0 Å². The van der Waals surface area contributed by atoms with E-state index in [9.17, 15) is 0 Å². The standard InChI is InChI=1S/C21H17N2O/c1-13-8-9-18-21(20(13)17-7-5-6-10-23(17)4)15-12-16(22-3)14(2)11-19(15)24-18/h5-12H,1-2,4H3/q+1. The Morgan fingerprint density at radius 3 is 2.58 bits per heavy atom. The predicted octanol–water partition coefficient (Wildman–Crippen LogP) is 5.25. The normalized spacial score (nSPS) is 11.1. The molecule has 0 saturated heterocycles. The highest BCUT2D eigenvalue weighted by atomic mass is 16.3. The van der Waals surface area contributed by atoms with Crippen LogP contribution in [0.2, 0.25) is 0 Å². The Hall–Kier alpha value is -3.12. The van der Waals surface area contributed by atoms with E-state index in [0.29, 0.717) is 5.69 Å². The van der Waals surface area contributed by atoms with Crippen LogP contribution in [-0.2, 0) is 7.05 Å². The zero-order valence-corrected chi connectivity index (χ0v) is 13.9. The summed E-state index contributed by atoms with van der Waals surface area (Å²) in [7, 11) is 2.05. The zero-order chi connectivity index (χ0) is 16.8. The molecule has 0 fully saturated rings. The zero-order valence-electron chi connectivity index (χ0n) is 13.9. The van der Waals surface area contributed by atoms with Gasteiger partial charge in [0.15, 0.2) is 11.9 Å². The lowest BCUT2D eigenvalue weighted by Gasteiger charge is -2.06. The molecule has 3 heteroatoms. The van der Waals surface area contributed by atoms with Crippen molar-refractivity contribution in [1.29, 1.82) is 0 Å². The lowest BCUT2D eigenvalue weighted by molar-refractivity contribution is -0.660. The fourth-order valence-corrected chi connectivity index (χ4v) is 3.34. The Balaban J connectivity index is 2.21.